The Labute approximate surface area is 224 Å². The number of carbonyl (C=O) groups is 3. The minimum absolute atomic E-state index is 0.00115. The highest BCUT2D eigenvalue weighted by Gasteiger charge is 2.48. The number of phenols is 2. The molecule has 208 valence electrons. The molecule has 11 nitrogen and oxygen atoms in total. The maximum atomic E-state index is 13.7. The number of carbonyl (C=O) groups excluding carboxylic acids is 3. The highest BCUT2D eigenvalue weighted by atomic mass is 16.7. The molecule has 2 aliphatic carbocycles. The molecule has 11 heteroatoms. The first-order chi connectivity index (χ1) is 18.4. The average molecular weight is 542 g/mol. The number of hydrogen-bond acceptors (Lipinski definition) is 11. The van der Waals surface area contributed by atoms with Crippen LogP contribution in [0.4, 0.5) is 0 Å². The number of benzene rings is 2. The summed E-state index contributed by atoms with van der Waals surface area (Å²) in [5.74, 6) is -2.75. The molecule has 5 rings (SSSR count). The van der Waals surface area contributed by atoms with Crippen molar-refractivity contribution in [2.45, 2.75) is 75.8 Å². The topological polar surface area (TPSA) is 186 Å². The summed E-state index contributed by atoms with van der Waals surface area (Å²) in [7, 11) is 1.35. The maximum absolute atomic E-state index is 13.7. The fourth-order valence-corrected chi connectivity index (χ4v) is 6.06. The summed E-state index contributed by atoms with van der Waals surface area (Å²) in [6.07, 6.45) is -4.38. The van der Waals surface area contributed by atoms with Gasteiger partial charge in [-0.15, -0.1) is 0 Å². The quantitative estimate of drug-likeness (QED) is 0.294. The van der Waals surface area contributed by atoms with E-state index in [2.05, 4.69) is 0 Å². The van der Waals surface area contributed by atoms with Crippen LogP contribution >= 0.6 is 0 Å². The fraction of sp³-hybridized carbons (Fsp3) is 0.464. The van der Waals surface area contributed by atoms with Crippen molar-refractivity contribution >= 4 is 17.3 Å². The van der Waals surface area contributed by atoms with Gasteiger partial charge in [0, 0.05) is 48.4 Å². The summed E-state index contributed by atoms with van der Waals surface area (Å²) in [6.45, 7) is 2.93. The second kappa shape index (κ2) is 9.68. The smallest absolute Gasteiger partial charge is 0.202 e. The van der Waals surface area contributed by atoms with Crippen molar-refractivity contribution < 1.29 is 49.0 Å². The van der Waals surface area contributed by atoms with E-state index >= 15 is 0 Å². The van der Waals surface area contributed by atoms with Crippen molar-refractivity contribution in [2.24, 2.45) is 5.73 Å². The molecule has 0 amide bonds. The molecule has 1 fully saturated rings. The van der Waals surface area contributed by atoms with Gasteiger partial charge in [-0.3, -0.25) is 14.4 Å². The predicted octanol–water partition coefficient (Wildman–Crippen LogP) is 1.42. The summed E-state index contributed by atoms with van der Waals surface area (Å²) in [4.78, 5) is 39.2. The molecule has 0 radical (unpaired) electrons. The van der Waals surface area contributed by atoms with Gasteiger partial charge in [-0.1, -0.05) is 12.1 Å². The molecule has 2 aromatic carbocycles. The lowest BCUT2D eigenvalue weighted by Crippen LogP contribution is -2.52. The molecule has 0 bridgehead atoms. The van der Waals surface area contributed by atoms with Crippen LogP contribution in [-0.4, -0.2) is 75.0 Å². The minimum atomic E-state index is -1.69. The van der Waals surface area contributed by atoms with Gasteiger partial charge in [0.05, 0.1) is 47.7 Å². The number of Topliss-reactive ketones (excluding diaryl/α,β-unsaturated/α-hetero) is 1. The van der Waals surface area contributed by atoms with E-state index in [1.807, 2.05) is 0 Å². The molecule has 1 saturated heterocycles. The molecule has 0 saturated carbocycles. The van der Waals surface area contributed by atoms with Gasteiger partial charge in [-0.2, -0.15) is 0 Å². The summed E-state index contributed by atoms with van der Waals surface area (Å²) in [5.41, 5.74) is 3.52. The van der Waals surface area contributed by atoms with Crippen LogP contribution < -0.4 is 10.5 Å². The number of fused-ring (bicyclic) bond motifs is 3. The Morgan fingerprint density at radius 1 is 1.15 bits per heavy atom. The molecular formula is C28H31NO10. The van der Waals surface area contributed by atoms with Gasteiger partial charge in [-0.25, -0.2) is 0 Å². The van der Waals surface area contributed by atoms with Gasteiger partial charge < -0.3 is 40.4 Å². The van der Waals surface area contributed by atoms with E-state index in [1.165, 1.54) is 32.2 Å². The van der Waals surface area contributed by atoms with E-state index in [4.69, 9.17) is 19.9 Å². The monoisotopic (exact) mass is 541 g/mol. The van der Waals surface area contributed by atoms with Crippen molar-refractivity contribution in [2.75, 3.05) is 7.11 Å². The number of phenolic OH excluding ortho intramolecular Hbond substituents is 2. The molecular weight excluding hydrogens is 510 g/mol. The predicted molar refractivity (Wildman–Crippen MR) is 135 cm³/mol. The van der Waals surface area contributed by atoms with Crippen LogP contribution in [0.15, 0.2) is 18.2 Å². The normalized spacial score (nSPS) is 29.8. The van der Waals surface area contributed by atoms with Crippen molar-refractivity contribution in [3.63, 3.8) is 0 Å². The van der Waals surface area contributed by atoms with Crippen LogP contribution in [-0.2, 0) is 20.7 Å². The number of ether oxygens (including phenoxy) is 3. The van der Waals surface area contributed by atoms with Crippen molar-refractivity contribution in [1.29, 1.82) is 0 Å². The molecule has 1 aliphatic heterocycles. The molecule has 6 atom stereocenters. The maximum Gasteiger partial charge on any atom is 0.202 e. The Morgan fingerprint density at radius 2 is 1.85 bits per heavy atom. The van der Waals surface area contributed by atoms with Crippen LogP contribution in [0.2, 0.25) is 0 Å². The SMILES string of the molecule is COc1cccc2c1C(=O)c1c(O)c3c(c(O)c1C2=O)C[C@](O)(CC(C)=O)C[C@@H]3O[C@@H]1C[C@H](N)[C@H](O)[C@H](C)O1. The molecule has 0 spiro atoms. The Balaban J connectivity index is 1.67. The van der Waals surface area contributed by atoms with E-state index in [-0.39, 0.29) is 59.5 Å². The number of hydrogen-bond donors (Lipinski definition) is 5. The molecule has 2 aromatic rings. The third-order valence-corrected chi connectivity index (χ3v) is 7.80. The van der Waals surface area contributed by atoms with Gasteiger partial charge in [0.2, 0.25) is 5.78 Å². The second-order valence-corrected chi connectivity index (χ2v) is 10.7. The van der Waals surface area contributed by atoms with Crippen LogP contribution in [0.1, 0.15) is 82.2 Å². The number of ketones is 3. The summed E-state index contributed by atoms with van der Waals surface area (Å²) in [5, 5.41) is 44.5. The largest absolute Gasteiger partial charge is 0.507 e. The van der Waals surface area contributed by atoms with Gasteiger partial charge in [0.1, 0.15) is 23.0 Å². The Morgan fingerprint density at radius 3 is 2.49 bits per heavy atom. The highest BCUT2D eigenvalue weighted by Crippen LogP contribution is 2.53. The van der Waals surface area contributed by atoms with Gasteiger partial charge in [0.25, 0.3) is 0 Å². The highest BCUT2D eigenvalue weighted by molar-refractivity contribution is 6.31. The summed E-state index contributed by atoms with van der Waals surface area (Å²) < 4.78 is 17.2. The van der Waals surface area contributed by atoms with Crippen molar-refractivity contribution in [3.8, 4) is 17.2 Å². The van der Waals surface area contributed by atoms with E-state index in [1.54, 1.807) is 6.92 Å². The number of rotatable bonds is 5. The molecule has 6 N–H and O–H groups in total. The van der Waals surface area contributed by atoms with Gasteiger partial charge >= 0.3 is 0 Å². The molecule has 39 heavy (non-hydrogen) atoms. The third kappa shape index (κ3) is 4.40. The zero-order chi connectivity index (χ0) is 28.4. The van der Waals surface area contributed by atoms with E-state index in [9.17, 15) is 34.8 Å². The van der Waals surface area contributed by atoms with Crippen LogP contribution in [0.25, 0.3) is 0 Å². The number of aromatic hydroxyl groups is 2. The molecule has 1 heterocycles. The summed E-state index contributed by atoms with van der Waals surface area (Å²) in [6, 6.07) is 3.79. The van der Waals surface area contributed by atoms with Gasteiger partial charge in [0.15, 0.2) is 12.1 Å². The fourth-order valence-electron chi connectivity index (χ4n) is 6.06. The Bertz CT molecular complexity index is 1380. The number of methoxy groups -OCH3 is 1. The second-order valence-electron chi connectivity index (χ2n) is 10.7. The first-order valence-electron chi connectivity index (χ1n) is 12.7. The number of nitrogens with two attached hydrogens (primary N) is 1. The average Bonchev–Trinajstić information content (AvgIpc) is 2.86. The van der Waals surface area contributed by atoms with Crippen LogP contribution in [0.5, 0.6) is 17.2 Å². The van der Waals surface area contributed by atoms with Crippen molar-refractivity contribution in [1.82, 2.24) is 0 Å². The number of aliphatic hydroxyl groups excluding tert-OH is 1. The van der Waals surface area contributed by atoms with Crippen LogP contribution in [0, 0.1) is 0 Å². The number of aliphatic hydroxyl groups is 2. The third-order valence-electron chi connectivity index (χ3n) is 7.80. The van der Waals surface area contributed by atoms with E-state index in [0.717, 1.165) is 0 Å². The first kappa shape index (κ1) is 27.2. The lowest BCUT2D eigenvalue weighted by molar-refractivity contribution is -0.247. The standard InChI is InChI=1S/C28H31NO10/c1-11(30)8-28(36)9-14-20(17(10-28)39-18-7-15(29)23(31)12(2)38-18)27(35)22-21(25(14)33)24(32)13-5-4-6-16(37-3)19(13)26(22)34/h4-6,12,15,17-18,23,31,33,35-36H,7-10,29H2,1-3H3/t12-,15-,17-,18+,23+,28+/m0/s1. The zero-order valence-electron chi connectivity index (χ0n) is 21.8. The van der Waals surface area contributed by atoms with Crippen LogP contribution in [0.3, 0.4) is 0 Å². The Kier molecular flexibility index (Phi) is 6.76. The van der Waals surface area contributed by atoms with Gasteiger partial charge in [-0.05, 0) is 19.9 Å². The summed E-state index contributed by atoms with van der Waals surface area (Å²) >= 11 is 0. The van der Waals surface area contributed by atoms with E-state index in [0.29, 0.717) is 0 Å². The van der Waals surface area contributed by atoms with Crippen molar-refractivity contribution in [3.05, 3.63) is 51.6 Å². The zero-order valence-corrected chi connectivity index (χ0v) is 21.8. The molecule has 0 aromatic heterocycles. The molecule has 3 aliphatic rings. The Hall–Kier alpha value is -3.35. The lowest BCUT2D eigenvalue weighted by atomic mass is 9.71. The minimum Gasteiger partial charge on any atom is -0.507 e. The van der Waals surface area contributed by atoms with E-state index < -0.39 is 70.4 Å². The molecule has 0 unspecified atom stereocenters. The lowest BCUT2D eigenvalue weighted by Gasteiger charge is -2.42. The first-order valence-corrected chi connectivity index (χ1v) is 12.7.